The Bertz CT molecular complexity index is 272. The molecule has 4 nitrogen and oxygen atoms in total. The average molecular weight is 229 g/mol. The highest BCUT2D eigenvalue weighted by Crippen LogP contribution is 2.14. The molecule has 0 aromatic heterocycles. The van der Waals surface area contributed by atoms with Gasteiger partial charge in [-0.2, -0.15) is 0 Å². The Morgan fingerprint density at radius 2 is 2.13 bits per heavy atom. The van der Waals surface area contributed by atoms with Crippen molar-refractivity contribution in [2.75, 3.05) is 12.3 Å². The van der Waals surface area contributed by atoms with Crippen molar-refractivity contribution in [1.29, 1.82) is 0 Å². The maximum absolute atomic E-state index is 11.3. The summed E-state index contributed by atoms with van der Waals surface area (Å²) in [6.45, 7) is 3.55. The van der Waals surface area contributed by atoms with Gasteiger partial charge in [-0.15, -0.1) is 18.2 Å². The number of hydrogen-bond donors (Lipinski definition) is 2. The molecule has 5 heteroatoms. The summed E-state index contributed by atoms with van der Waals surface area (Å²) in [4.78, 5) is 21.8. The lowest BCUT2D eigenvalue weighted by molar-refractivity contribution is -0.140. The van der Waals surface area contributed by atoms with Crippen LogP contribution >= 0.6 is 11.8 Å². The van der Waals surface area contributed by atoms with Gasteiger partial charge in [0.15, 0.2) is 0 Å². The highest BCUT2D eigenvalue weighted by molar-refractivity contribution is 8.00. The number of hydrogen-bond acceptors (Lipinski definition) is 3. The fourth-order valence-electron chi connectivity index (χ4n) is 0.718. The fourth-order valence-corrected chi connectivity index (χ4v) is 1.67. The number of rotatable bonds is 6. The second-order valence-electron chi connectivity index (χ2n) is 3.14. The minimum atomic E-state index is -0.848. The van der Waals surface area contributed by atoms with E-state index in [1.807, 2.05) is 0 Å². The van der Waals surface area contributed by atoms with Gasteiger partial charge in [0, 0.05) is 5.75 Å². The predicted octanol–water partition coefficient (Wildman–Crippen LogP) is 0.578. The molecule has 0 fully saturated rings. The van der Waals surface area contributed by atoms with Crippen molar-refractivity contribution in [2.24, 2.45) is 5.92 Å². The number of carboxylic acids is 1. The van der Waals surface area contributed by atoms with Gasteiger partial charge in [0.25, 0.3) is 0 Å². The van der Waals surface area contributed by atoms with Crippen LogP contribution in [0.1, 0.15) is 13.8 Å². The average Bonchev–Trinajstić information content (AvgIpc) is 2.21. The van der Waals surface area contributed by atoms with Crippen LogP contribution in [-0.2, 0) is 9.59 Å². The van der Waals surface area contributed by atoms with Gasteiger partial charge < -0.3 is 10.4 Å². The number of carbonyl (C=O) groups is 2. The molecular formula is C10H15NO3S. The van der Waals surface area contributed by atoms with Crippen molar-refractivity contribution >= 4 is 23.6 Å². The summed E-state index contributed by atoms with van der Waals surface area (Å²) in [5, 5.41) is 10.9. The summed E-state index contributed by atoms with van der Waals surface area (Å²) in [6, 6.07) is 0. The molecule has 0 aliphatic heterocycles. The second kappa shape index (κ2) is 7.18. The van der Waals surface area contributed by atoms with Crippen molar-refractivity contribution < 1.29 is 14.7 Å². The van der Waals surface area contributed by atoms with E-state index in [-0.39, 0.29) is 17.7 Å². The molecule has 2 unspecified atom stereocenters. The topological polar surface area (TPSA) is 66.4 Å². The molecule has 15 heavy (non-hydrogen) atoms. The van der Waals surface area contributed by atoms with Gasteiger partial charge in [-0.05, 0) is 6.92 Å². The van der Waals surface area contributed by atoms with Crippen LogP contribution in [0.2, 0.25) is 0 Å². The van der Waals surface area contributed by atoms with Crippen molar-refractivity contribution in [3.63, 3.8) is 0 Å². The third-order valence-corrected chi connectivity index (χ3v) is 3.16. The summed E-state index contributed by atoms with van der Waals surface area (Å²) in [5.41, 5.74) is 0. The monoisotopic (exact) mass is 229 g/mol. The SMILES string of the molecule is C#CCNC(=O)C(C)SCC(C)C(=O)O. The molecule has 0 heterocycles. The van der Waals surface area contributed by atoms with Gasteiger partial charge in [0.2, 0.25) is 5.91 Å². The van der Waals surface area contributed by atoms with E-state index in [2.05, 4.69) is 11.2 Å². The third kappa shape index (κ3) is 6.02. The van der Waals surface area contributed by atoms with Crippen molar-refractivity contribution in [2.45, 2.75) is 19.1 Å². The highest BCUT2D eigenvalue weighted by Gasteiger charge is 2.17. The Morgan fingerprint density at radius 3 is 2.60 bits per heavy atom. The summed E-state index contributed by atoms with van der Waals surface area (Å²) in [7, 11) is 0. The van der Waals surface area contributed by atoms with E-state index in [1.165, 1.54) is 11.8 Å². The zero-order valence-electron chi connectivity index (χ0n) is 8.82. The van der Waals surface area contributed by atoms with E-state index >= 15 is 0 Å². The lowest BCUT2D eigenvalue weighted by atomic mass is 10.2. The summed E-state index contributed by atoms with van der Waals surface area (Å²) >= 11 is 1.31. The van der Waals surface area contributed by atoms with Gasteiger partial charge in [-0.3, -0.25) is 9.59 Å². The van der Waals surface area contributed by atoms with Gasteiger partial charge >= 0.3 is 5.97 Å². The van der Waals surface area contributed by atoms with Crippen LogP contribution < -0.4 is 5.32 Å². The first-order valence-electron chi connectivity index (χ1n) is 4.54. The summed E-state index contributed by atoms with van der Waals surface area (Å²) < 4.78 is 0. The first-order chi connectivity index (χ1) is 6.99. The van der Waals surface area contributed by atoms with Gasteiger partial charge in [-0.25, -0.2) is 0 Å². The fraction of sp³-hybridized carbons (Fsp3) is 0.600. The minimum absolute atomic E-state index is 0.157. The number of amides is 1. The van der Waals surface area contributed by atoms with Gasteiger partial charge in [0.05, 0.1) is 17.7 Å². The predicted molar refractivity (Wildman–Crippen MR) is 60.6 cm³/mol. The van der Waals surface area contributed by atoms with Crippen LogP contribution in [0, 0.1) is 18.3 Å². The molecule has 0 aromatic carbocycles. The first kappa shape index (κ1) is 13.8. The quantitative estimate of drug-likeness (QED) is 0.654. The van der Waals surface area contributed by atoms with E-state index in [0.29, 0.717) is 5.75 Å². The van der Waals surface area contributed by atoms with Gasteiger partial charge in [-0.1, -0.05) is 12.8 Å². The largest absolute Gasteiger partial charge is 0.481 e. The standard InChI is InChI=1S/C10H15NO3S/c1-4-5-11-9(12)8(3)15-6-7(2)10(13)14/h1,7-8H,5-6H2,2-3H3,(H,11,12)(H,13,14). The second-order valence-corrected chi connectivity index (χ2v) is 4.51. The maximum atomic E-state index is 11.3. The number of terminal acetylenes is 1. The third-order valence-electron chi connectivity index (χ3n) is 1.75. The molecule has 0 aliphatic rings. The lowest BCUT2D eigenvalue weighted by Gasteiger charge is -2.12. The van der Waals surface area contributed by atoms with Crippen LogP contribution in [0.15, 0.2) is 0 Å². The van der Waals surface area contributed by atoms with Crippen LogP contribution in [0.3, 0.4) is 0 Å². The molecule has 0 rings (SSSR count). The zero-order chi connectivity index (χ0) is 11.8. The molecule has 0 aromatic rings. The number of carbonyl (C=O) groups excluding carboxylic acids is 1. The lowest BCUT2D eigenvalue weighted by Crippen LogP contribution is -2.31. The molecule has 0 bridgehead atoms. The molecule has 2 N–H and O–H groups in total. The van der Waals surface area contributed by atoms with Crippen molar-refractivity contribution in [3.8, 4) is 12.3 Å². The zero-order valence-corrected chi connectivity index (χ0v) is 9.63. The Kier molecular flexibility index (Phi) is 6.63. The van der Waals surface area contributed by atoms with E-state index < -0.39 is 11.9 Å². The Labute approximate surface area is 93.8 Å². The molecule has 0 spiro atoms. The molecule has 0 saturated heterocycles. The van der Waals surface area contributed by atoms with Crippen molar-refractivity contribution in [1.82, 2.24) is 5.32 Å². The normalized spacial score (nSPS) is 13.7. The van der Waals surface area contributed by atoms with Crippen LogP contribution in [0.25, 0.3) is 0 Å². The summed E-state index contributed by atoms with van der Waals surface area (Å²) in [5.74, 6) is 1.27. The van der Waals surface area contributed by atoms with Crippen LogP contribution in [-0.4, -0.2) is 34.5 Å². The van der Waals surface area contributed by atoms with Crippen LogP contribution in [0.4, 0.5) is 0 Å². The molecule has 1 amide bonds. The number of thioether (sulfide) groups is 1. The number of nitrogens with one attached hydrogen (secondary N) is 1. The number of carboxylic acid groups (broad SMARTS) is 1. The summed E-state index contributed by atoms with van der Waals surface area (Å²) in [6.07, 6.45) is 4.99. The first-order valence-corrected chi connectivity index (χ1v) is 5.59. The number of aliphatic carboxylic acids is 1. The molecule has 0 saturated carbocycles. The minimum Gasteiger partial charge on any atom is -0.481 e. The van der Waals surface area contributed by atoms with E-state index in [4.69, 9.17) is 11.5 Å². The Morgan fingerprint density at radius 1 is 1.53 bits per heavy atom. The molecule has 2 atom stereocenters. The van der Waals surface area contributed by atoms with Crippen molar-refractivity contribution in [3.05, 3.63) is 0 Å². The maximum Gasteiger partial charge on any atom is 0.307 e. The molecular weight excluding hydrogens is 214 g/mol. The van der Waals surface area contributed by atoms with Crippen LogP contribution in [0.5, 0.6) is 0 Å². The smallest absolute Gasteiger partial charge is 0.307 e. The molecule has 0 aliphatic carbocycles. The van der Waals surface area contributed by atoms with E-state index in [1.54, 1.807) is 13.8 Å². The van der Waals surface area contributed by atoms with Gasteiger partial charge in [0.1, 0.15) is 0 Å². The highest BCUT2D eigenvalue weighted by atomic mass is 32.2. The molecule has 0 radical (unpaired) electrons. The van der Waals surface area contributed by atoms with E-state index in [9.17, 15) is 9.59 Å². The Hall–Kier alpha value is -1.15. The Balaban J connectivity index is 3.83. The van der Waals surface area contributed by atoms with E-state index in [0.717, 1.165) is 0 Å². The molecule has 84 valence electrons.